The minimum absolute atomic E-state index is 0.233. The van der Waals surface area contributed by atoms with Gasteiger partial charge >= 0.3 is 17.8 Å². The van der Waals surface area contributed by atoms with E-state index in [0.717, 1.165) is 0 Å². The molecule has 0 saturated heterocycles. The van der Waals surface area contributed by atoms with Gasteiger partial charge in [0.05, 0.1) is 25.4 Å². The highest BCUT2D eigenvalue weighted by Crippen LogP contribution is 2.72. The van der Waals surface area contributed by atoms with Crippen LogP contribution in [0.15, 0.2) is 79.5 Å². The number of fused-ring (bicyclic) bond motifs is 4. The maximum Gasteiger partial charge on any atom is 0.380 e. The molecule has 2 aromatic rings. The third-order valence-electron chi connectivity index (χ3n) is 7.67. The standard InChI is InChI=1S/C27H20F6N2O2S2/c1-23-19(38-21(34-23)13-5-9-15(36-3)10-6-13)17-18(26(30,31)27(32,33)25(17,28)29)20-24(23,2)35-22(39-20)14-7-11-16(37-4)12-8-14/h5-12H,1-4H3. The predicted octanol–water partition coefficient (Wildman–Crippen LogP) is 7.35. The Balaban J connectivity index is 1.60. The zero-order valence-electron chi connectivity index (χ0n) is 20.9. The fraction of sp³-hybridized carbons (Fsp3) is 0.333. The average Bonchev–Trinajstić information content (AvgIpc) is 3.48. The predicted molar refractivity (Wildman–Crippen MR) is 140 cm³/mol. The zero-order valence-corrected chi connectivity index (χ0v) is 22.5. The average molecular weight is 583 g/mol. The van der Waals surface area contributed by atoms with E-state index in [4.69, 9.17) is 19.5 Å². The van der Waals surface area contributed by atoms with Crippen molar-refractivity contribution in [3.63, 3.8) is 0 Å². The van der Waals surface area contributed by atoms with E-state index in [1.165, 1.54) is 28.1 Å². The van der Waals surface area contributed by atoms with Gasteiger partial charge in [-0.2, -0.15) is 26.3 Å². The number of hydrogen-bond donors (Lipinski definition) is 0. The minimum atomic E-state index is -5.64. The number of ether oxygens (including phenoxy) is 2. The molecule has 1 fully saturated rings. The largest absolute Gasteiger partial charge is 0.497 e. The molecule has 6 rings (SSSR count). The van der Waals surface area contributed by atoms with Crippen molar-refractivity contribution in [2.75, 3.05) is 14.2 Å². The minimum Gasteiger partial charge on any atom is -0.497 e. The second-order valence-corrected chi connectivity index (χ2v) is 11.8. The van der Waals surface area contributed by atoms with Crippen molar-refractivity contribution in [1.29, 1.82) is 0 Å². The van der Waals surface area contributed by atoms with E-state index >= 15 is 17.6 Å². The van der Waals surface area contributed by atoms with Crippen molar-refractivity contribution in [2.45, 2.75) is 42.7 Å². The molecule has 0 amide bonds. The Bertz CT molecular complexity index is 1420. The Morgan fingerprint density at radius 2 is 0.923 bits per heavy atom. The molecule has 2 aliphatic carbocycles. The summed E-state index contributed by atoms with van der Waals surface area (Å²) in [7, 11) is 2.96. The number of halogens is 6. The van der Waals surface area contributed by atoms with E-state index in [1.54, 1.807) is 48.5 Å². The summed E-state index contributed by atoms with van der Waals surface area (Å²) in [6.45, 7) is 2.97. The fourth-order valence-electron chi connectivity index (χ4n) is 5.25. The highest BCUT2D eigenvalue weighted by Gasteiger charge is 2.85. The summed E-state index contributed by atoms with van der Waals surface area (Å²) in [5.74, 6) is -14.8. The summed E-state index contributed by atoms with van der Waals surface area (Å²) < 4.78 is 102. The molecule has 0 spiro atoms. The number of methoxy groups -OCH3 is 2. The van der Waals surface area contributed by atoms with Crippen LogP contribution in [0.1, 0.15) is 25.0 Å². The molecule has 2 aromatic carbocycles. The summed E-state index contributed by atoms with van der Waals surface area (Å²) in [5, 5.41) is 0.466. The SMILES string of the molecule is COc1ccc(C2=NC3(C)C(=C4C(=C5SC(c6ccc(OC)cc6)=NC53C)C(F)(F)C(F)(F)C4(F)F)S2)cc1. The maximum atomic E-state index is 15.4. The molecular formula is C27H20F6N2O2S2. The van der Waals surface area contributed by atoms with Crippen LogP contribution < -0.4 is 9.47 Å². The molecule has 0 N–H and O–H groups in total. The van der Waals surface area contributed by atoms with E-state index in [0.29, 0.717) is 46.1 Å². The van der Waals surface area contributed by atoms with Gasteiger partial charge in [0.1, 0.15) is 32.7 Å². The van der Waals surface area contributed by atoms with E-state index in [1.807, 2.05) is 0 Å². The van der Waals surface area contributed by atoms with Gasteiger partial charge in [-0.3, -0.25) is 9.98 Å². The van der Waals surface area contributed by atoms with Crippen molar-refractivity contribution in [3.8, 4) is 11.5 Å². The second-order valence-electron chi connectivity index (χ2n) is 9.77. The third-order valence-corrected chi connectivity index (χ3v) is 10.3. The van der Waals surface area contributed by atoms with E-state index in [-0.39, 0.29) is 19.9 Å². The molecule has 2 atom stereocenters. The lowest BCUT2D eigenvalue weighted by molar-refractivity contribution is -0.258. The fourth-order valence-corrected chi connectivity index (χ4v) is 8.15. The first-order valence-corrected chi connectivity index (χ1v) is 13.3. The molecule has 2 aliphatic heterocycles. The first-order valence-electron chi connectivity index (χ1n) is 11.7. The van der Waals surface area contributed by atoms with Gasteiger partial charge in [0.2, 0.25) is 0 Å². The molecule has 204 valence electrons. The van der Waals surface area contributed by atoms with E-state index < -0.39 is 40.0 Å². The van der Waals surface area contributed by atoms with Crippen LogP contribution in [-0.2, 0) is 0 Å². The Labute approximate surface area is 228 Å². The number of thioether (sulfide) groups is 2. The van der Waals surface area contributed by atoms with Gasteiger partial charge in [-0.25, -0.2) is 0 Å². The van der Waals surface area contributed by atoms with Crippen LogP contribution in [-0.4, -0.2) is 53.2 Å². The Morgan fingerprint density at radius 3 is 1.23 bits per heavy atom. The number of rotatable bonds is 4. The lowest BCUT2D eigenvalue weighted by Crippen LogP contribution is -2.50. The number of hydrogen-bond acceptors (Lipinski definition) is 6. The topological polar surface area (TPSA) is 43.2 Å². The van der Waals surface area contributed by atoms with Crippen molar-refractivity contribution < 1.29 is 35.8 Å². The van der Waals surface area contributed by atoms with Crippen molar-refractivity contribution >= 4 is 33.6 Å². The molecule has 4 aliphatic rings. The molecule has 39 heavy (non-hydrogen) atoms. The van der Waals surface area contributed by atoms with Gasteiger partial charge in [-0.1, -0.05) is 23.5 Å². The molecule has 0 radical (unpaired) electrons. The molecule has 1 saturated carbocycles. The third kappa shape index (κ3) is 3.18. The maximum absolute atomic E-state index is 15.4. The lowest BCUT2D eigenvalue weighted by atomic mass is 9.72. The summed E-state index contributed by atoms with van der Waals surface area (Å²) in [5.41, 5.74) is -5.02. The van der Waals surface area contributed by atoms with Crippen molar-refractivity contribution in [2.24, 2.45) is 9.98 Å². The smallest absolute Gasteiger partial charge is 0.380 e. The van der Waals surface area contributed by atoms with Crippen LogP contribution >= 0.6 is 23.5 Å². The molecule has 12 heteroatoms. The monoisotopic (exact) mass is 582 g/mol. The molecular weight excluding hydrogens is 562 g/mol. The summed E-state index contributed by atoms with van der Waals surface area (Å²) in [6, 6.07) is 13.1. The first-order chi connectivity index (χ1) is 18.2. The Morgan fingerprint density at radius 1 is 0.590 bits per heavy atom. The van der Waals surface area contributed by atoms with Crippen LogP contribution in [0.3, 0.4) is 0 Å². The first kappa shape index (κ1) is 26.4. The van der Waals surface area contributed by atoms with Gasteiger partial charge in [-0.15, -0.1) is 0 Å². The van der Waals surface area contributed by atoms with Gasteiger partial charge in [0, 0.05) is 20.9 Å². The zero-order chi connectivity index (χ0) is 28.2. The van der Waals surface area contributed by atoms with E-state index in [9.17, 15) is 8.78 Å². The van der Waals surface area contributed by atoms with Gasteiger partial charge in [-0.05, 0) is 62.4 Å². The normalized spacial score (nSPS) is 29.5. The Kier molecular flexibility index (Phi) is 5.47. The molecule has 4 nitrogen and oxygen atoms in total. The lowest BCUT2D eigenvalue weighted by Gasteiger charge is -2.42. The van der Waals surface area contributed by atoms with Gasteiger partial charge in [0.15, 0.2) is 0 Å². The number of benzene rings is 2. The van der Waals surface area contributed by atoms with Crippen LogP contribution in [0.5, 0.6) is 11.5 Å². The summed E-state index contributed by atoms with van der Waals surface area (Å²) in [4.78, 5) is 8.78. The molecule has 2 heterocycles. The quantitative estimate of drug-likeness (QED) is 0.354. The van der Waals surface area contributed by atoms with Crippen LogP contribution in [0.25, 0.3) is 0 Å². The van der Waals surface area contributed by atoms with Gasteiger partial charge < -0.3 is 9.47 Å². The molecule has 2 unspecified atom stereocenters. The molecule has 0 bridgehead atoms. The van der Waals surface area contributed by atoms with Gasteiger partial charge in [0.25, 0.3) is 0 Å². The van der Waals surface area contributed by atoms with Crippen molar-refractivity contribution in [3.05, 3.63) is 80.6 Å². The number of alkyl halides is 6. The van der Waals surface area contributed by atoms with E-state index in [2.05, 4.69) is 0 Å². The highest BCUT2D eigenvalue weighted by molar-refractivity contribution is 8.18. The summed E-state index contributed by atoms with van der Waals surface area (Å²) >= 11 is 1.41. The Hall–Kier alpha value is -2.86. The van der Waals surface area contributed by atoms with Crippen LogP contribution in [0.2, 0.25) is 0 Å². The summed E-state index contributed by atoms with van der Waals surface area (Å²) in [6.07, 6.45) is 0. The number of allylic oxidation sites excluding steroid dienone is 2. The van der Waals surface area contributed by atoms with Crippen LogP contribution in [0.4, 0.5) is 26.3 Å². The number of nitrogens with zero attached hydrogens (tertiary/aromatic N) is 2. The van der Waals surface area contributed by atoms with Crippen LogP contribution in [0, 0.1) is 0 Å². The second kappa shape index (κ2) is 8.09. The van der Waals surface area contributed by atoms with Crippen molar-refractivity contribution in [1.82, 2.24) is 0 Å². The highest BCUT2D eigenvalue weighted by atomic mass is 32.2. The molecule has 0 aromatic heterocycles. The number of aliphatic imine (C=N–C) groups is 2.